The molecular formula is C18H17Cl2N5O4. The fraction of sp³-hybridized carbons (Fsp3) is 0.278. The van der Waals surface area contributed by atoms with E-state index < -0.39 is 6.09 Å². The van der Waals surface area contributed by atoms with Crippen LogP contribution in [-0.4, -0.2) is 43.7 Å². The predicted molar refractivity (Wildman–Crippen MR) is 106 cm³/mol. The maximum absolute atomic E-state index is 12.9. The van der Waals surface area contributed by atoms with E-state index in [1.165, 1.54) is 12.4 Å². The first-order chi connectivity index (χ1) is 13.8. The number of nitrogens with zero attached hydrogens (tertiary/aromatic N) is 4. The van der Waals surface area contributed by atoms with Crippen molar-refractivity contribution in [3.05, 3.63) is 51.7 Å². The Labute approximate surface area is 175 Å². The number of rotatable bonds is 5. The number of methoxy groups -OCH3 is 1. The number of aromatic nitrogens is 4. The summed E-state index contributed by atoms with van der Waals surface area (Å²) in [6, 6.07) is 3.41. The van der Waals surface area contributed by atoms with E-state index in [1.807, 2.05) is 0 Å². The Bertz CT molecular complexity index is 1060. The topological polar surface area (TPSA) is 133 Å². The monoisotopic (exact) mass is 437 g/mol. The van der Waals surface area contributed by atoms with E-state index >= 15 is 0 Å². The summed E-state index contributed by atoms with van der Waals surface area (Å²) in [5.74, 6) is 1.54. The van der Waals surface area contributed by atoms with Gasteiger partial charge >= 0.3 is 6.09 Å². The van der Waals surface area contributed by atoms with Gasteiger partial charge in [-0.3, -0.25) is 9.78 Å². The van der Waals surface area contributed by atoms with Crippen molar-refractivity contribution in [2.75, 3.05) is 7.11 Å². The molecular weight excluding hydrogens is 421 g/mol. The van der Waals surface area contributed by atoms with Gasteiger partial charge in [-0.2, -0.15) is 5.10 Å². The van der Waals surface area contributed by atoms with Gasteiger partial charge in [0, 0.05) is 30.3 Å². The largest absolute Gasteiger partial charge is 0.493 e. The van der Waals surface area contributed by atoms with Gasteiger partial charge in [0.05, 0.1) is 17.2 Å². The zero-order valence-electron chi connectivity index (χ0n) is 15.3. The van der Waals surface area contributed by atoms with Gasteiger partial charge in [0.1, 0.15) is 5.69 Å². The van der Waals surface area contributed by atoms with Gasteiger partial charge < -0.3 is 15.6 Å². The molecule has 1 saturated carbocycles. The predicted octanol–water partition coefficient (Wildman–Crippen LogP) is 3.37. The molecule has 3 aromatic heterocycles. The molecule has 0 saturated heterocycles. The van der Waals surface area contributed by atoms with Gasteiger partial charge in [-0.25, -0.2) is 14.3 Å². The van der Waals surface area contributed by atoms with Crippen molar-refractivity contribution in [1.82, 2.24) is 19.6 Å². The standard InChI is InChI=1S/C17H14Cl2N4O2.CH3NO2/c1-25-15-5-4-13(23-17(15)21-16(22-23)9-2-3-9)14(24)6-10-11(18)7-20-8-12(10)19;2-1(3)4/h4-5,7-9H,2-3,6H2,1H3;2H2,(H,3,4). The summed E-state index contributed by atoms with van der Waals surface area (Å²) in [5, 5.41) is 12.4. The minimum Gasteiger partial charge on any atom is -0.493 e. The molecule has 0 aliphatic heterocycles. The molecule has 29 heavy (non-hydrogen) atoms. The average molecular weight is 438 g/mol. The fourth-order valence-corrected chi connectivity index (χ4v) is 3.20. The maximum Gasteiger partial charge on any atom is 0.402 e. The first kappa shape index (κ1) is 20.8. The number of ether oxygens (including phenoxy) is 1. The molecule has 0 bridgehead atoms. The first-order valence-corrected chi connectivity index (χ1v) is 9.30. The number of halogens is 2. The van der Waals surface area contributed by atoms with E-state index in [0.717, 1.165) is 18.7 Å². The van der Waals surface area contributed by atoms with Crippen LogP contribution in [0.1, 0.15) is 40.6 Å². The van der Waals surface area contributed by atoms with Gasteiger partial charge in [0.15, 0.2) is 23.0 Å². The van der Waals surface area contributed by atoms with E-state index in [1.54, 1.807) is 23.8 Å². The van der Waals surface area contributed by atoms with E-state index in [-0.39, 0.29) is 12.2 Å². The number of nitrogens with two attached hydrogens (primary N) is 1. The third kappa shape index (κ3) is 4.75. The van der Waals surface area contributed by atoms with Crippen LogP contribution in [0.4, 0.5) is 4.79 Å². The Hall–Kier alpha value is -2.91. The molecule has 0 atom stereocenters. The molecule has 1 fully saturated rings. The number of carbonyl (C=O) groups excluding carboxylic acids is 1. The summed E-state index contributed by atoms with van der Waals surface area (Å²) in [5.41, 5.74) is 5.54. The van der Waals surface area contributed by atoms with Crippen LogP contribution in [0.5, 0.6) is 5.75 Å². The quantitative estimate of drug-likeness (QED) is 0.584. The lowest BCUT2D eigenvalue weighted by Gasteiger charge is -2.08. The lowest BCUT2D eigenvalue weighted by Crippen LogP contribution is -2.11. The summed E-state index contributed by atoms with van der Waals surface area (Å²) >= 11 is 12.3. The average Bonchev–Trinajstić information content (AvgIpc) is 3.42. The number of hydrogen-bond donors (Lipinski definition) is 2. The number of amides is 1. The number of ketones is 1. The van der Waals surface area contributed by atoms with Crippen LogP contribution in [0.25, 0.3) is 5.65 Å². The summed E-state index contributed by atoms with van der Waals surface area (Å²) < 4.78 is 6.90. The van der Waals surface area contributed by atoms with Crippen molar-refractivity contribution < 1.29 is 19.4 Å². The van der Waals surface area contributed by atoms with E-state index in [0.29, 0.717) is 38.6 Å². The van der Waals surface area contributed by atoms with Crippen LogP contribution in [0.15, 0.2) is 24.5 Å². The van der Waals surface area contributed by atoms with E-state index in [9.17, 15) is 4.79 Å². The lowest BCUT2D eigenvalue weighted by atomic mass is 10.1. The van der Waals surface area contributed by atoms with Crippen LogP contribution in [0, 0.1) is 0 Å². The Morgan fingerprint density at radius 3 is 2.45 bits per heavy atom. The molecule has 4 rings (SSSR count). The maximum atomic E-state index is 12.9. The highest BCUT2D eigenvalue weighted by atomic mass is 35.5. The van der Waals surface area contributed by atoms with Crippen LogP contribution in [0.2, 0.25) is 10.0 Å². The first-order valence-electron chi connectivity index (χ1n) is 8.55. The summed E-state index contributed by atoms with van der Waals surface area (Å²) in [7, 11) is 1.57. The minimum absolute atomic E-state index is 0.0558. The lowest BCUT2D eigenvalue weighted by molar-refractivity contribution is 0.0985. The highest BCUT2D eigenvalue weighted by Gasteiger charge is 2.29. The Balaban J connectivity index is 0.000000552. The summed E-state index contributed by atoms with van der Waals surface area (Å²) in [6.45, 7) is 0. The van der Waals surface area contributed by atoms with Crippen LogP contribution in [-0.2, 0) is 6.42 Å². The molecule has 3 heterocycles. The number of Topliss-reactive ketones (excluding diaryl/α,β-unsaturated/α-hetero) is 1. The normalized spacial score (nSPS) is 12.9. The Morgan fingerprint density at radius 1 is 1.28 bits per heavy atom. The number of hydrogen-bond acceptors (Lipinski definition) is 6. The van der Waals surface area contributed by atoms with Crippen LogP contribution < -0.4 is 10.5 Å². The van der Waals surface area contributed by atoms with E-state index in [2.05, 4.69) is 20.8 Å². The molecule has 0 aromatic carbocycles. The smallest absolute Gasteiger partial charge is 0.402 e. The fourth-order valence-electron chi connectivity index (χ4n) is 2.70. The second kappa shape index (κ2) is 8.62. The van der Waals surface area contributed by atoms with Crippen molar-refractivity contribution in [2.45, 2.75) is 25.2 Å². The minimum atomic E-state index is -1.33. The van der Waals surface area contributed by atoms with Gasteiger partial charge in [-0.05, 0) is 25.0 Å². The molecule has 1 amide bonds. The Kier molecular flexibility index (Phi) is 6.19. The van der Waals surface area contributed by atoms with Crippen molar-refractivity contribution in [1.29, 1.82) is 0 Å². The molecule has 0 radical (unpaired) electrons. The zero-order chi connectivity index (χ0) is 21.1. The number of carbonyl (C=O) groups is 2. The number of fused-ring (bicyclic) bond motifs is 1. The molecule has 1 aliphatic rings. The highest BCUT2D eigenvalue weighted by molar-refractivity contribution is 6.36. The summed E-state index contributed by atoms with van der Waals surface area (Å²) in [4.78, 5) is 30.1. The number of pyridine rings is 2. The van der Waals surface area contributed by atoms with Crippen molar-refractivity contribution in [2.24, 2.45) is 5.73 Å². The molecule has 0 unspecified atom stereocenters. The second-order valence-corrected chi connectivity index (χ2v) is 7.10. The van der Waals surface area contributed by atoms with Crippen molar-refractivity contribution in [3.8, 4) is 5.75 Å². The summed E-state index contributed by atoms with van der Waals surface area (Å²) in [6.07, 6.45) is 3.82. The molecule has 0 spiro atoms. The molecule has 1 aliphatic carbocycles. The third-order valence-electron chi connectivity index (χ3n) is 4.20. The second-order valence-electron chi connectivity index (χ2n) is 6.29. The molecule has 11 heteroatoms. The third-order valence-corrected chi connectivity index (χ3v) is 4.85. The van der Waals surface area contributed by atoms with Crippen LogP contribution >= 0.6 is 23.2 Å². The van der Waals surface area contributed by atoms with Crippen LogP contribution in [0.3, 0.4) is 0 Å². The molecule has 3 N–H and O–H groups in total. The zero-order valence-corrected chi connectivity index (χ0v) is 16.8. The van der Waals surface area contributed by atoms with Gasteiger partial charge in [0.25, 0.3) is 0 Å². The van der Waals surface area contributed by atoms with Gasteiger partial charge in [0.2, 0.25) is 0 Å². The molecule has 152 valence electrons. The molecule has 9 nitrogen and oxygen atoms in total. The molecule has 3 aromatic rings. The number of primary amides is 1. The Morgan fingerprint density at radius 2 is 1.90 bits per heavy atom. The number of carboxylic acid groups (broad SMARTS) is 1. The highest BCUT2D eigenvalue weighted by Crippen LogP contribution is 2.39. The van der Waals surface area contributed by atoms with Gasteiger partial charge in [-0.1, -0.05) is 23.2 Å². The SMILES string of the molecule is COc1ccc(C(=O)Cc2c(Cl)cncc2Cl)n2nc(C3CC3)nc12.NC(=O)O. The van der Waals surface area contributed by atoms with E-state index in [4.69, 9.17) is 37.8 Å². The van der Waals surface area contributed by atoms with Gasteiger partial charge in [-0.15, -0.1) is 0 Å². The van der Waals surface area contributed by atoms with Crippen molar-refractivity contribution >= 4 is 40.7 Å². The van der Waals surface area contributed by atoms with Crippen molar-refractivity contribution in [3.63, 3.8) is 0 Å².